The molecule has 0 amide bonds. The predicted octanol–water partition coefficient (Wildman–Crippen LogP) is 8.30. The fourth-order valence-corrected chi connectivity index (χ4v) is 5.94. The first-order valence-corrected chi connectivity index (χ1v) is 14.4. The van der Waals surface area contributed by atoms with Gasteiger partial charge in [-0.2, -0.15) is 5.10 Å². The van der Waals surface area contributed by atoms with Gasteiger partial charge in [0.05, 0.1) is 28.9 Å². The van der Waals surface area contributed by atoms with Crippen LogP contribution in [0.1, 0.15) is 56.9 Å². The number of rotatable bonds is 5. The second-order valence-electron chi connectivity index (χ2n) is 9.95. The van der Waals surface area contributed by atoms with E-state index < -0.39 is 12.2 Å². The average molecular weight is 662 g/mol. The maximum atomic E-state index is 12.9. The molecule has 0 aromatic heterocycles. The molecule has 0 unspecified atom stereocenters. The van der Waals surface area contributed by atoms with E-state index in [1.165, 1.54) is 5.56 Å². The number of carbonyl (C=O) groups is 1. The Kier molecular flexibility index (Phi) is 7.15. The Morgan fingerprint density at radius 2 is 1.65 bits per heavy atom. The standard InChI is InChI=1S/C32H26Br2N2O4/c1-18-4-8-20(9-5-18)26-17-27-24-16-23(33)12-13-28(24)39-31(36(27)35-26)22-14-25(34)30(29(15-22)38-3)40-32(37)21-10-6-19(2)7-11-21/h4-16,27,31H,17H2,1-3H3/t27-,31-/m0/s1. The summed E-state index contributed by atoms with van der Waals surface area (Å²) in [4.78, 5) is 12.9. The molecule has 2 aliphatic heterocycles. The molecule has 8 heteroatoms. The van der Waals surface area contributed by atoms with Gasteiger partial charge in [-0.15, -0.1) is 0 Å². The summed E-state index contributed by atoms with van der Waals surface area (Å²) in [5.41, 5.74) is 6.70. The number of fused-ring (bicyclic) bond motifs is 3. The molecule has 6 nitrogen and oxygen atoms in total. The molecular formula is C32H26Br2N2O4. The van der Waals surface area contributed by atoms with E-state index in [4.69, 9.17) is 19.3 Å². The van der Waals surface area contributed by atoms with Crippen molar-refractivity contribution in [3.8, 4) is 17.2 Å². The molecular weight excluding hydrogens is 636 g/mol. The van der Waals surface area contributed by atoms with E-state index in [2.05, 4.69) is 69.1 Å². The van der Waals surface area contributed by atoms with Gasteiger partial charge < -0.3 is 14.2 Å². The maximum Gasteiger partial charge on any atom is 0.343 e. The Balaban J connectivity index is 1.38. The number of esters is 1. The van der Waals surface area contributed by atoms with Crippen molar-refractivity contribution in [2.24, 2.45) is 5.10 Å². The Hall–Kier alpha value is -3.62. The third-order valence-electron chi connectivity index (χ3n) is 7.16. The summed E-state index contributed by atoms with van der Waals surface area (Å²) in [5.74, 6) is 1.05. The topological polar surface area (TPSA) is 60.4 Å². The van der Waals surface area contributed by atoms with Gasteiger partial charge in [0.1, 0.15) is 5.75 Å². The van der Waals surface area contributed by atoms with E-state index in [0.717, 1.165) is 44.6 Å². The van der Waals surface area contributed by atoms with Crippen LogP contribution >= 0.6 is 31.9 Å². The zero-order valence-electron chi connectivity index (χ0n) is 22.2. The fraction of sp³-hybridized carbons (Fsp3) is 0.188. The lowest BCUT2D eigenvalue weighted by atomic mass is 9.95. The van der Waals surface area contributed by atoms with Crippen LogP contribution in [0.3, 0.4) is 0 Å². The molecule has 0 saturated carbocycles. The van der Waals surface area contributed by atoms with Gasteiger partial charge >= 0.3 is 5.97 Å². The zero-order valence-corrected chi connectivity index (χ0v) is 25.3. The van der Waals surface area contributed by atoms with Crippen LogP contribution in [0.5, 0.6) is 17.2 Å². The van der Waals surface area contributed by atoms with Crippen molar-refractivity contribution in [1.29, 1.82) is 0 Å². The number of aryl methyl sites for hydroxylation is 2. The van der Waals surface area contributed by atoms with Gasteiger partial charge in [-0.3, -0.25) is 0 Å². The summed E-state index contributed by atoms with van der Waals surface area (Å²) in [7, 11) is 1.55. The van der Waals surface area contributed by atoms with Crippen LogP contribution in [0.2, 0.25) is 0 Å². The number of methoxy groups -OCH3 is 1. The van der Waals surface area contributed by atoms with Crippen LogP contribution in [0.4, 0.5) is 0 Å². The smallest absolute Gasteiger partial charge is 0.343 e. The zero-order chi connectivity index (χ0) is 28.0. The first kappa shape index (κ1) is 26.6. The minimum absolute atomic E-state index is 0.00800. The quantitative estimate of drug-likeness (QED) is 0.159. The van der Waals surface area contributed by atoms with Gasteiger partial charge in [0, 0.05) is 22.0 Å². The summed E-state index contributed by atoms with van der Waals surface area (Å²) >= 11 is 7.23. The number of hydrogen-bond donors (Lipinski definition) is 0. The van der Waals surface area contributed by atoms with Gasteiger partial charge in [0.25, 0.3) is 0 Å². The number of ether oxygens (including phenoxy) is 3. The lowest BCUT2D eigenvalue weighted by Gasteiger charge is -2.38. The van der Waals surface area contributed by atoms with Gasteiger partial charge in [0.2, 0.25) is 6.23 Å². The third-order valence-corrected chi connectivity index (χ3v) is 8.24. The Morgan fingerprint density at radius 1 is 0.950 bits per heavy atom. The van der Waals surface area contributed by atoms with Crippen LogP contribution in [-0.2, 0) is 0 Å². The van der Waals surface area contributed by atoms with Crippen LogP contribution < -0.4 is 14.2 Å². The molecule has 0 N–H and O–H groups in total. The van der Waals surface area contributed by atoms with Crippen LogP contribution in [0.25, 0.3) is 0 Å². The summed E-state index contributed by atoms with van der Waals surface area (Å²) in [6, 6.07) is 25.5. The van der Waals surface area contributed by atoms with Crippen molar-refractivity contribution in [2.75, 3.05) is 7.11 Å². The van der Waals surface area contributed by atoms with Crippen LogP contribution in [0.15, 0.2) is 92.9 Å². The van der Waals surface area contributed by atoms with Gasteiger partial charge in [0.15, 0.2) is 11.5 Å². The van der Waals surface area contributed by atoms with Crippen molar-refractivity contribution in [1.82, 2.24) is 5.01 Å². The molecule has 202 valence electrons. The molecule has 0 spiro atoms. The highest BCUT2D eigenvalue weighted by Crippen LogP contribution is 2.50. The molecule has 4 aromatic carbocycles. The number of carbonyl (C=O) groups excluding carboxylic acids is 1. The molecule has 2 heterocycles. The largest absolute Gasteiger partial charge is 0.493 e. The highest BCUT2D eigenvalue weighted by Gasteiger charge is 2.41. The molecule has 0 saturated heterocycles. The van der Waals surface area contributed by atoms with Crippen molar-refractivity contribution in [3.63, 3.8) is 0 Å². The number of hydrazone groups is 1. The highest BCUT2D eigenvalue weighted by atomic mass is 79.9. The Bertz CT molecular complexity index is 1630. The summed E-state index contributed by atoms with van der Waals surface area (Å²) in [6.45, 7) is 4.05. The predicted molar refractivity (Wildman–Crippen MR) is 161 cm³/mol. The fourth-order valence-electron chi connectivity index (χ4n) is 5.02. The second kappa shape index (κ2) is 10.7. The summed E-state index contributed by atoms with van der Waals surface area (Å²) in [6.07, 6.45) is 0.227. The molecule has 0 aliphatic carbocycles. The lowest BCUT2D eigenvalue weighted by Crippen LogP contribution is -2.33. The van der Waals surface area contributed by atoms with E-state index in [1.807, 2.05) is 48.3 Å². The van der Waals surface area contributed by atoms with E-state index in [9.17, 15) is 4.79 Å². The van der Waals surface area contributed by atoms with E-state index >= 15 is 0 Å². The molecule has 6 rings (SSSR count). The van der Waals surface area contributed by atoms with E-state index in [-0.39, 0.29) is 6.04 Å². The minimum atomic E-state index is -0.520. The Labute approximate surface area is 249 Å². The van der Waals surface area contributed by atoms with Gasteiger partial charge in [-0.1, -0.05) is 63.5 Å². The highest BCUT2D eigenvalue weighted by molar-refractivity contribution is 9.10. The second-order valence-corrected chi connectivity index (χ2v) is 11.7. The molecule has 2 aliphatic rings. The number of hydrogen-bond acceptors (Lipinski definition) is 6. The SMILES string of the molecule is COc1cc([C@@H]2Oc3ccc(Br)cc3[C@@H]3CC(c4ccc(C)cc4)=NN32)cc(Br)c1OC(=O)c1ccc(C)cc1. The van der Waals surface area contributed by atoms with Gasteiger partial charge in [-0.25, -0.2) is 9.80 Å². The van der Waals surface area contributed by atoms with E-state index in [0.29, 0.717) is 21.5 Å². The number of halogens is 2. The molecule has 40 heavy (non-hydrogen) atoms. The molecule has 0 bridgehead atoms. The lowest BCUT2D eigenvalue weighted by molar-refractivity contribution is -0.0192. The minimum Gasteiger partial charge on any atom is -0.493 e. The van der Waals surface area contributed by atoms with E-state index in [1.54, 1.807) is 19.2 Å². The normalized spacial score (nSPS) is 17.4. The summed E-state index contributed by atoms with van der Waals surface area (Å²) in [5, 5.41) is 7.08. The van der Waals surface area contributed by atoms with Crippen molar-refractivity contribution in [3.05, 3.63) is 121 Å². The molecule has 0 fully saturated rings. The number of nitrogens with zero attached hydrogens (tertiary/aromatic N) is 2. The first-order valence-electron chi connectivity index (χ1n) is 12.9. The first-order chi connectivity index (χ1) is 19.3. The van der Waals surface area contributed by atoms with Crippen molar-refractivity contribution in [2.45, 2.75) is 32.5 Å². The number of benzene rings is 4. The molecule has 2 atom stereocenters. The van der Waals surface area contributed by atoms with Gasteiger partial charge in [-0.05, 0) is 77.8 Å². The third kappa shape index (κ3) is 5.02. The average Bonchev–Trinajstić information content (AvgIpc) is 3.40. The van der Waals surface area contributed by atoms with Crippen LogP contribution in [-0.4, -0.2) is 23.8 Å². The summed E-state index contributed by atoms with van der Waals surface area (Å²) < 4.78 is 19.6. The van der Waals surface area contributed by atoms with Crippen LogP contribution in [0, 0.1) is 13.8 Å². The van der Waals surface area contributed by atoms with Crippen molar-refractivity contribution < 1.29 is 19.0 Å². The maximum absolute atomic E-state index is 12.9. The molecule has 4 aromatic rings. The molecule has 0 radical (unpaired) electrons. The Morgan fingerprint density at radius 3 is 2.35 bits per heavy atom. The monoisotopic (exact) mass is 660 g/mol. The van der Waals surface area contributed by atoms with Crippen molar-refractivity contribution >= 4 is 43.5 Å².